The third kappa shape index (κ3) is 3.74. The monoisotopic (exact) mass is 322 g/mol. The first-order chi connectivity index (χ1) is 10.4. The summed E-state index contributed by atoms with van der Waals surface area (Å²) in [5, 5.41) is 12.9. The summed E-state index contributed by atoms with van der Waals surface area (Å²) in [7, 11) is 0. The van der Waals surface area contributed by atoms with Gasteiger partial charge in [0.05, 0.1) is 11.3 Å². The molecule has 0 atom stereocenters. The van der Waals surface area contributed by atoms with E-state index in [9.17, 15) is 18.0 Å². The maximum absolute atomic E-state index is 12.9. The van der Waals surface area contributed by atoms with Crippen molar-refractivity contribution in [2.75, 3.05) is 5.32 Å². The van der Waals surface area contributed by atoms with Crippen LogP contribution < -0.4 is 5.32 Å². The molecule has 112 valence electrons. The highest BCUT2D eigenvalue weighted by Gasteiger charge is 2.33. The first kappa shape index (κ1) is 15.8. The van der Waals surface area contributed by atoms with Gasteiger partial charge < -0.3 is 5.32 Å². The maximum atomic E-state index is 12.9. The molecule has 0 saturated carbocycles. The third-order valence-electron chi connectivity index (χ3n) is 2.68. The highest BCUT2D eigenvalue weighted by Crippen LogP contribution is 2.34. The summed E-state index contributed by atoms with van der Waals surface area (Å²) in [6.45, 7) is 0. The minimum atomic E-state index is -4.59. The molecule has 0 fully saturated rings. The fraction of sp³-hybridized carbons (Fsp3) is 0.0667. The lowest BCUT2D eigenvalue weighted by Crippen LogP contribution is -2.17. The first-order valence-corrected chi connectivity index (χ1v) is 6.92. The minimum Gasteiger partial charge on any atom is -0.321 e. The molecule has 2 rings (SSSR count). The normalized spacial score (nSPS) is 11.8. The van der Waals surface area contributed by atoms with Crippen molar-refractivity contribution in [1.29, 1.82) is 5.26 Å². The van der Waals surface area contributed by atoms with Gasteiger partial charge in [0.15, 0.2) is 0 Å². The second-order valence-electron chi connectivity index (χ2n) is 4.18. The zero-order chi connectivity index (χ0) is 16.2. The molecule has 0 radical (unpaired) electrons. The van der Waals surface area contributed by atoms with E-state index in [-0.39, 0.29) is 11.3 Å². The molecule has 3 nitrogen and oxygen atoms in total. The van der Waals surface area contributed by atoms with Crippen molar-refractivity contribution in [3.63, 3.8) is 0 Å². The quantitative estimate of drug-likeness (QED) is 0.676. The Labute approximate surface area is 128 Å². The zero-order valence-corrected chi connectivity index (χ0v) is 11.8. The summed E-state index contributed by atoms with van der Waals surface area (Å²) in [6.07, 6.45) is -3.26. The smallest absolute Gasteiger partial charge is 0.321 e. The number of halogens is 3. The Morgan fingerprint density at radius 2 is 1.95 bits per heavy atom. The molecular formula is C15H9F3N2OS. The number of carbonyl (C=O) groups excluding carboxylic acids is 1. The molecular weight excluding hydrogens is 313 g/mol. The van der Waals surface area contributed by atoms with Gasteiger partial charge in [-0.25, -0.2) is 0 Å². The van der Waals surface area contributed by atoms with Crippen LogP contribution in [0.15, 0.2) is 47.4 Å². The summed E-state index contributed by atoms with van der Waals surface area (Å²) in [4.78, 5) is 12.6. The molecule has 2 aromatic rings. The minimum absolute atomic E-state index is 0.264. The highest BCUT2D eigenvalue weighted by molar-refractivity contribution is 7.10. The molecule has 0 aliphatic carbocycles. The van der Waals surface area contributed by atoms with E-state index < -0.39 is 17.6 Å². The lowest BCUT2D eigenvalue weighted by atomic mass is 10.1. The molecule has 1 N–H and O–H groups in total. The van der Waals surface area contributed by atoms with Crippen LogP contribution in [0.3, 0.4) is 0 Å². The Hall–Kier alpha value is -2.59. The number of nitrogens with zero attached hydrogens (tertiary/aromatic N) is 1. The Morgan fingerprint density at radius 1 is 1.23 bits per heavy atom. The molecule has 7 heteroatoms. The van der Waals surface area contributed by atoms with Crippen molar-refractivity contribution in [2.45, 2.75) is 6.18 Å². The number of amides is 1. The SMILES string of the molecule is N#CC(=Cc1cccs1)C(=O)Nc1ccccc1C(F)(F)F. The second-order valence-corrected chi connectivity index (χ2v) is 5.16. The number of anilines is 1. The van der Waals surface area contributed by atoms with E-state index in [0.717, 1.165) is 12.1 Å². The molecule has 1 aromatic heterocycles. The predicted octanol–water partition coefficient (Wildman–Crippen LogP) is 4.31. The van der Waals surface area contributed by atoms with Crippen LogP contribution in [0.1, 0.15) is 10.4 Å². The Balaban J connectivity index is 2.28. The van der Waals surface area contributed by atoms with E-state index >= 15 is 0 Å². The van der Waals surface area contributed by atoms with Crippen LogP contribution in [0.25, 0.3) is 6.08 Å². The van der Waals surface area contributed by atoms with Gasteiger partial charge >= 0.3 is 6.18 Å². The molecule has 0 spiro atoms. The van der Waals surface area contributed by atoms with Crippen molar-refractivity contribution < 1.29 is 18.0 Å². The standard InChI is InChI=1S/C15H9F3N2OS/c16-15(17,18)12-5-1-2-6-13(12)20-14(21)10(9-19)8-11-4-3-7-22-11/h1-8H,(H,20,21). The molecule has 1 aromatic carbocycles. The lowest BCUT2D eigenvalue weighted by molar-refractivity contribution is -0.136. The topological polar surface area (TPSA) is 52.9 Å². The fourth-order valence-electron chi connectivity index (χ4n) is 1.69. The summed E-state index contributed by atoms with van der Waals surface area (Å²) >= 11 is 1.31. The molecule has 0 unspecified atom stereocenters. The number of nitrogens with one attached hydrogen (secondary N) is 1. The number of nitriles is 1. The van der Waals surface area contributed by atoms with E-state index in [4.69, 9.17) is 5.26 Å². The Morgan fingerprint density at radius 3 is 2.55 bits per heavy atom. The van der Waals surface area contributed by atoms with Crippen LogP contribution in [0, 0.1) is 11.3 Å². The van der Waals surface area contributed by atoms with Gasteiger partial charge in [0.2, 0.25) is 0 Å². The van der Waals surface area contributed by atoms with Crippen molar-refractivity contribution in [1.82, 2.24) is 0 Å². The Kier molecular flexibility index (Phi) is 4.63. The van der Waals surface area contributed by atoms with Gasteiger partial charge in [-0.1, -0.05) is 18.2 Å². The van der Waals surface area contributed by atoms with Crippen molar-refractivity contribution in [3.05, 3.63) is 57.8 Å². The van der Waals surface area contributed by atoms with E-state index in [0.29, 0.717) is 4.88 Å². The number of rotatable bonds is 3. The number of benzene rings is 1. The van der Waals surface area contributed by atoms with Gasteiger partial charge in [0.1, 0.15) is 11.6 Å². The summed E-state index contributed by atoms with van der Waals surface area (Å²) in [6, 6.07) is 9.73. The first-order valence-electron chi connectivity index (χ1n) is 6.04. The van der Waals surface area contributed by atoms with Crippen molar-refractivity contribution >= 4 is 29.0 Å². The molecule has 0 bridgehead atoms. The van der Waals surface area contributed by atoms with Gasteiger partial charge in [0, 0.05) is 4.88 Å². The number of thiophene rings is 1. The van der Waals surface area contributed by atoms with Gasteiger partial charge in [-0.2, -0.15) is 18.4 Å². The number of para-hydroxylation sites is 1. The Bertz CT molecular complexity index is 743. The number of carbonyl (C=O) groups is 1. The van der Waals surface area contributed by atoms with Gasteiger partial charge in [-0.05, 0) is 29.7 Å². The zero-order valence-electron chi connectivity index (χ0n) is 11.0. The third-order valence-corrected chi connectivity index (χ3v) is 3.49. The molecule has 22 heavy (non-hydrogen) atoms. The fourth-order valence-corrected chi connectivity index (χ4v) is 2.35. The van der Waals surface area contributed by atoms with Crippen LogP contribution >= 0.6 is 11.3 Å². The molecule has 0 saturated heterocycles. The van der Waals surface area contributed by atoms with Crippen LogP contribution in [-0.2, 0) is 11.0 Å². The van der Waals surface area contributed by atoms with Crippen LogP contribution in [-0.4, -0.2) is 5.91 Å². The van der Waals surface area contributed by atoms with Crippen LogP contribution in [0.5, 0.6) is 0 Å². The number of hydrogen-bond donors (Lipinski definition) is 1. The van der Waals surface area contributed by atoms with Gasteiger partial charge in [-0.3, -0.25) is 4.79 Å². The number of hydrogen-bond acceptors (Lipinski definition) is 3. The van der Waals surface area contributed by atoms with E-state index in [1.807, 2.05) is 0 Å². The van der Waals surface area contributed by atoms with Gasteiger partial charge in [-0.15, -0.1) is 11.3 Å². The average molecular weight is 322 g/mol. The van der Waals surface area contributed by atoms with E-state index in [1.165, 1.54) is 29.5 Å². The molecule has 0 aliphatic rings. The summed E-state index contributed by atoms with van der Waals surface area (Å²) in [5.74, 6) is -0.882. The van der Waals surface area contributed by atoms with E-state index in [1.54, 1.807) is 23.6 Å². The average Bonchev–Trinajstić information content (AvgIpc) is 2.97. The van der Waals surface area contributed by atoms with Crippen LogP contribution in [0.2, 0.25) is 0 Å². The molecule has 1 heterocycles. The number of alkyl halides is 3. The van der Waals surface area contributed by atoms with Gasteiger partial charge in [0.25, 0.3) is 5.91 Å². The lowest BCUT2D eigenvalue weighted by Gasteiger charge is -2.13. The molecule has 0 aliphatic heterocycles. The highest BCUT2D eigenvalue weighted by atomic mass is 32.1. The second kappa shape index (κ2) is 6.45. The van der Waals surface area contributed by atoms with E-state index in [2.05, 4.69) is 5.32 Å². The summed E-state index contributed by atoms with van der Waals surface area (Å²) in [5.41, 5.74) is -1.61. The largest absolute Gasteiger partial charge is 0.418 e. The predicted molar refractivity (Wildman–Crippen MR) is 78.0 cm³/mol. The van der Waals surface area contributed by atoms with Crippen molar-refractivity contribution in [3.8, 4) is 6.07 Å². The van der Waals surface area contributed by atoms with Crippen LogP contribution in [0.4, 0.5) is 18.9 Å². The van der Waals surface area contributed by atoms with Crippen molar-refractivity contribution in [2.24, 2.45) is 0 Å². The maximum Gasteiger partial charge on any atom is 0.418 e. The molecule has 1 amide bonds. The summed E-state index contributed by atoms with van der Waals surface area (Å²) < 4.78 is 38.6.